The molecule has 0 aromatic carbocycles. The minimum atomic E-state index is -1.05. The summed E-state index contributed by atoms with van der Waals surface area (Å²) in [7, 11) is 0. The zero-order valence-electron chi connectivity index (χ0n) is 5.83. The zero-order chi connectivity index (χ0) is 7.98. The molecule has 0 radical (unpaired) electrons. The summed E-state index contributed by atoms with van der Waals surface area (Å²) in [5.74, 6) is -0.142. The molecule has 58 valence electrons. The van der Waals surface area contributed by atoms with Crippen LogP contribution < -0.4 is 5.73 Å². The molecule has 0 aliphatic heterocycles. The van der Waals surface area contributed by atoms with Crippen LogP contribution in [0.4, 0.5) is 0 Å². The molecule has 0 amide bonds. The van der Waals surface area contributed by atoms with Crippen molar-refractivity contribution in [3.05, 3.63) is 11.1 Å². The number of hydrogen-bond acceptors (Lipinski definition) is 3. The maximum Gasteiger partial charge on any atom is 0.352 e. The highest BCUT2D eigenvalue weighted by molar-refractivity contribution is 8.02. The predicted molar refractivity (Wildman–Crippen MR) is 42.7 cm³/mol. The molecule has 0 rings (SSSR count). The van der Waals surface area contributed by atoms with Crippen LogP contribution in [0.3, 0.4) is 0 Å². The molecule has 0 aromatic rings. The number of nitrogens with two attached hydrogens (primary N) is 1. The van der Waals surface area contributed by atoms with Gasteiger partial charge in [0.25, 0.3) is 0 Å². The Morgan fingerprint density at radius 3 is 2.80 bits per heavy atom. The molecule has 0 aliphatic rings. The second-order valence-corrected chi connectivity index (χ2v) is 2.73. The molecule has 0 spiro atoms. The van der Waals surface area contributed by atoms with Crippen molar-refractivity contribution in [2.24, 2.45) is 5.73 Å². The highest BCUT2D eigenvalue weighted by Gasteiger charge is 1.98. The molecule has 0 atom stereocenters. The van der Waals surface area contributed by atoms with E-state index in [1.165, 1.54) is 17.2 Å². The maximum atomic E-state index is 10.1. The maximum absolute atomic E-state index is 10.1. The van der Waals surface area contributed by atoms with Gasteiger partial charge in [-0.1, -0.05) is 6.92 Å². The van der Waals surface area contributed by atoms with E-state index in [0.717, 1.165) is 12.2 Å². The van der Waals surface area contributed by atoms with Crippen LogP contribution >= 0.6 is 11.8 Å². The van der Waals surface area contributed by atoms with Crippen molar-refractivity contribution >= 4 is 17.7 Å². The summed E-state index contributed by atoms with van der Waals surface area (Å²) in [5, 5.41) is 9.74. The topological polar surface area (TPSA) is 63.3 Å². The average molecular weight is 161 g/mol. The summed E-state index contributed by atoms with van der Waals surface area (Å²) in [6, 6.07) is 0. The third-order valence-corrected chi connectivity index (χ3v) is 1.84. The summed E-state index contributed by atoms with van der Waals surface area (Å²) >= 11 is 1.42. The lowest BCUT2D eigenvalue weighted by Gasteiger charge is -1.92. The Labute approximate surface area is 64.3 Å². The summed E-state index contributed by atoms with van der Waals surface area (Å²) in [6.45, 7) is 2.03. The molecule has 0 heterocycles. The Kier molecular flexibility index (Phi) is 4.84. The van der Waals surface area contributed by atoms with E-state index in [1.807, 2.05) is 6.92 Å². The second-order valence-electron chi connectivity index (χ2n) is 1.75. The van der Waals surface area contributed by atoms with Gasteiger partial charge in [0.1, 0.15) is 5.70 Å². The SMILES string of the molecule is CCCS/C=C(\N)C(=O)O. The smallest absolute Gasteiger partial charge is 0.352 e. The highest BCUT2D eigenvalue weighted by Crippen LogP contribution is 2.05. The van der Waals surface area contributed by atoms with E-state index in [9.17, 15) is 4.79 Å². The second kappa shape index (κ2) is 5.17. The van der Waals surface area contributed by atoms with Gasteiger partial charge in [-0.2, -0.15) is 0 Å². The number of aliphatic carboxylic acids is 1. The van der Waals surface area contributed by atoms with Gasteiger partial charge < -0.3 is 10.8 Å². The molecule has 0 aliphatic carbocycles. The fraction of sp³-hybridized carbons (Fsp3) is 0.500. The Morgan fingerprint density at radius 2 is 2.40 bits per heavy atom. The van der Waals surface area contributed by atoms with Crippen LogP contribution in [-0.2, 0) is 4.79 Å². The standard InChI is InChI=1S/C6H11NO2S/c1-2-3-10-4-5(7)6(8)9/h4H,2-3,7H2,1H3,(H,8,9)/b5-4-. The van der Waals surface area contributed by atoms with Crippen LogP contribution in [0, 0.1) is 0 Å². The van der Waals surface area contributed by atoms with Crippen molar-refractivity contribution in [3.8, 4) is 0 Å². The number of hydrogen-bond donors (Lipinski definition) is 2. The molecule has 0 bridgehead atoms. The molecule has 4 heteroatoms. The first kappa shape index (κ1) is 9.36. The highest BCUT2D eigenvalue weighted by atomic mass is 32.2. The van der Waals surface area contributed by atoms with Crippen LogP contribution in [0.5, 0.6) is 0 Å². The lowest BCUT2D eigenvalue weighted by atomic mass is 10.5. The Bertz CT molecular complexity index is 145. The van der Waals surface area contributed by atoms with Gasteiger partial charge in [0, 0.05) is 5.41 Å². The van der Waals surface area contributed by atoms with E-state index < -0.39 is 5.97 Å². The molecule has 0 saturated heterocycles. The van der Waals surface area contributed by atoms with E-state index in [2.05, 4.69) is 0 Å². The van der Waals surface area contributed by atoms with Crippen molar-refractivity contribution in [1.29, 1.82) is 0 Å². The fourth-order valence-corrected chi connectivity index (χ4v) is 0.951. The van der Waals surface area contributed by atoms with E-state index in [4.69, 9.17) is 10.8 Å². The van der Waals surface area contributed by atoms with Crippen molar-refractivity contribution in [2.45, 2.75) is 13.3 Å². The van der Waals surface area contributed by atoms with Crippen LogP contribution in [-0.4, -0.2) is 16.8 Å². The normalized spacial score (nSPS) is 11.5. The van der Waals surface area contributed by atoms with Crippen molar-refractivity contribution in [1.82, 2.24) is 0 Å². The van der Waals surface area contributed by atoms with Gasteiger partial charge >= 0.3 is 5.97 Å². The first-order valence-electron chi connectivity index (χ1n) is 2.99. The first-order chi connectivity index (χ1) is 4.68. The predicted octanol–water partition coefficient (Wildman–Crippen LogP) is 1.01. The van der Waals surface area contributed by atoms with E-state index in [0.29, 0.717) is 0 Å². The van der Waals surface area contributed by atoms with Gasteiger partial charge in [0.2, 0.25) is 0 Å². The first-order valence-corrected chi connectivity index (χ1v) is 4.04. The monoisotopic (exact) mass is 161 g/mol. The van der Waals surface area contributed by atoms with E-state index in [1.54, 1.807) is 0 Å². The Balaban J connectivity index is 3.58. The Hall–Kier alpha value is -0.640. The number of thioether (sulfide) groups is 1. The number of carbonyl (C=O) groups is 1. The number of carboxylic acid groups (broad SMARTS) is 1. The fourth-order valence-electron chi connectivity index (χ4n) is 0.317. The quantitative estimate of drug-likeness (QED) is 0.477. The van der Waals surface area contributed by atoms with Crippen LogP contribution in [0.1, 0.15) is 13.3 Å². The van der Waals surface area contributed by atoms with Gasteiger partial charge in [-0.15, -0.1) is 11.8 Å². The van der Waals surface area contributed by atoms with Gasteiger partial charge in [0.15, 0.2) is 0 Å². The molecule has 0 unspecified atom stereocenters. The van der Waals surface area contributed by atoms with Crippen LogP contribution in [0.15, 0.2) is 11.1 Å². The molecule has 0 saturated carbocycles. The molecule has 0 aromatic heterocycles. The summed E-state index contributed by atoms with van der Waals surface area (Å²) in [5.41, 5.74) is 5.01. The van der Waals surface area contributed by atoms with Gasteiger partial charge in [-0.25, -0.2) is 4.79 Å². The van der Waals surface area contributed by atoms with Crippen LogP contribution in [0.25, 0.3) is 0 Å². The number of rotatable bonds is 4. The van der Waals surface area contributed by atoms with E-state index >= 15 is 0 Å². The van der Waals surface area contributed by atoms with Gasteiger partial charge in [0.05, 0.1) is 0 Å². The molecular formula is C6H11NO2S. The third-order valence-electron chi connectivity index (χ3n) is 0.779. The molecular weight excluding hydrogens is 150 g/mol. The lowest BCUT2D eigenvalue weighted by molar-refractivity contribution is -0.132. The van der Waals surface area contributed by atoms with Gasteiger partial charge in [-0.3, -0.25) is 0 Å². The van der Waals surface area contributed by atoms with Crippen molar-refractivity contribution < 1.29 is 9.90 Å². The summed E-state index contributed by atoms with van der Waals surface area (Å²) in [4.78, 5) is 10.1. The summed E-state index contributed by atoms with van der Waals surface area (Å²) < 4.78 is 0. The Morgan fingerprint density at radius 1 is 1.80 bits per heavy atom. The number of carboxylic acids is 1. The largest absolute Gasteiger partial charge is 0.477 e. The summed E-state index contributed by atoms with van der Waals surface area (Å²) in [6.07, 6.45) is 1.02. The molecule has 3 nitrogen and oxygen atoms in total. The molecule has 3 N–H and O–H groups in total. The molecule has 0 fully saturated rings. The minimum absolute atomic E-state index is 0.0848. The van der Waals surface area contributed by atoms with Crippen LogP contribution in [0.2, 0.25) is 0 Å². The zero-order valence-corrected chi connectivity index (χ0v) is 6.65. The minimum Gasteiger partial charge on any atom is -0.477 e. The van der Waals surface area contributed by atoms with Crippen molar-refractivity contribution in [2.75, 3.05) is 5.75 Å². The third kappa shape index (κ3) is 4.26. The average Bonchev–Trinajstić information content (AvgIpc) is 1.88. The van der Waals surface area contributed by atoms with Crippen molar-refractivity contribution in [3.63, 3.8) is 0 Å². The lowest BCUT2D eigenvalue weighted by Crippen LogP contribution is -2.08. The molecule has 10 heavy (non-hydrogen) atoms. The van der Waals surface area contributed by atoms with Gasteiger partial charge in [-0.05, 0) is 12.2 Å². The van der Waals surface area contributed by atoms with E-state index in [-0.39, 0.29) is 5.70 Å².